The van der Waals surface area contributed by atoms with Crippen molar-refractivity contribution in [3.63, 3.8) is 0 Å². The van der Waals surface area contributed by atoms with Gasteiger partial charge >= 0.3 is 5.69 Å². The number of nitrogens with zero attached hydrogens (tertiary/aromatic N) is 3. The van der Waals surface area contributed by atoms with Gasteiger partial charge in [0.2, 0.25) is 0 Å². The quantitative estimate of drug-likeness (QED) is 0.610. The Morgan fingerprint density at radius 2 is 2.06 bits per heavy atom. The molecule has 2 aromatic heterocycles. The average molecular weight is 239 g/mol. The molecule has 3 aromatic rings. The van der Waals surface area contributed by atoms with E-state index in [4.69, 9.17) is 0 Å². The molecule has 18 heavy (non-hydrogen) atoms. The Morgan fingerprint density at radius 1 is 1.22 bits per heavy atom. The van der Waals surface area contributed by atoms with Crippen LogP contribution in [-0.4, -0.2) is 14.5 Å². The molecule has 0 aliphatic heterocycles. The lowest BCUT2D eigenvalue weighted by Gasteiger charge is -2.10. The third-order valence-corrected chi connectivity index (χ3v) is 3.26. The molecule has 0 N–H and O–H groups in total. The summed E-state index contributed by atoms with van der Waals surface area (Å²) in [5.41, 5.74) is 2.44. The lowest BCUT2D eigenvalue weighted by molar-refractivity contribution is 0.832. The second-order valence-electron chi connectivity index (χ2n) is 4.29. The van der Waals surface area contributed by atoms with Gasteiger partial charge in [0.15, 0.2) is 0 Å². The van der Waals surface area contributed by atoms with Crippen LogP contribution in [0.4, 0.5) is 0 Å². The van der Waals surface area contributed by atoms with Crippen LogP contribution in [0.3, 0.4) is 0 Å². The summed E-state index contributed by atoms with van der Waals surface area (Å²) in [5, 5.41) is 2.02. The van der Waals surface area contributed by atoms with Crippen LogP contribution in [-0.2, 0) is 13.5 Å². The van der Waals surface area contributed by atoms with Crippen LogP contribution in [0.1, 0.15) is 12.6 Å². The molecule has 0 saturated carbocycles. The van der Waals surface area contributed by atoms with E-state index < -0.39 is 0 Å². The zero-order chi connectivity index (χ0) is 12.7. The molecule has 0 saturated heterocycles. The van der Waals surface area contributed by atoms with Crippen LogP contribution in [0.5, 0.6) is 0 Å². The van der Waals surface area contributed by atoms with Gasteiger partial charge in [0, 0.05) is 24.0 Å². The molecule has 0 unspecified atom stereocenters. The zero-order valence-electron chi connectivity index (χ0n) is 10.3. The fraction of sp³-hybridized carbons (Fsp3) is 0.214. The van der Waals surface area contributed by atoms with Crippen LogP contribution in [0, 0.1) is 0 Å². The number of hydrogen-bond donors (Lipinski definition) is 0. The average Bonchev–Trinajstić information content (AvgIpc) is 2.42. The molecule has 0 fully saturated rings. The summed E-state index contributed by atoms with van der Waals surface area (Å²) in [6.07, 6.45) is 2.51. The molecule has 3 rings (SSSR count). The van der Waals surface area contributed by atoms with E-state index in [2.05, 4.69) is 9.97 Å². The summed E-state index contributed by atoms with van der Waals surface area (Å²) in [4.78, 5) is 20.3. The third-order valence-electron chi connectivity index (χ3n) is 3.26. The van der Waals surface area contributed by atoms with Crippen LogP contribution >= 0.6 is 0 Å². The van der Waals surface area contributed by atoms with Crippen molar-refractivity contribution in [1.29, 1.82) is 0 Å². The fourth-order valence-electron chi connectivity index (χ4n) is 2.35. The highest BCUT2D eigenvalue weighted by atomic mass is 16.1. The summed E-state index contributed by atoms with van der Waals surface area (Å²) < 4.78 is 1.60. The van der Waals surface area contributed by atoms with Crippen molar-refractivity contribution < 1.29 is 0 Å². The fourth-order valence-corrected chi connectivity index (χ4v) is 2.35. The molecule has 0 atom stereocenters. The predicted octanol–water partition coefficient (Wildman–Crippen LogP) is 2.04. The molecule has 0 radical (unpaired) electrons. The summed E-state index contributed by atoms with van der Waals surface area (Å²) in [5.74, 6) is 0. The van der Waals surface area contributed by atoms with E-state index in [0.717, 1.165) is 33.9 Å². The molecule has 0 amide bonds. The number of rotatable bonds is 1. The summed E-state index contributed by atoms with van der Waals surface area (Å²) >= 11 is 0. The highest BCUT2D eigenvalue weighted by Crippen LogP contribution is 2.24. The van der Waals surface area contributed by atoms with E-state index in [9.17, 15) is 4.79 Å². The second-order valence-corrected chi connectivity index (χ2v) is 4.29. The van der Waals surface area contributed by atoms with Crippen molar-refractivity contribution in [2.75, 3.05) is 0 Å². The number of fused-ring (bicyclic) bond motifs is 3. The summed E-state index contributed by atoms with van der Waals surface area (Å²) in [7, 11) is 1.75. The van der Waals surface area contributed by atoms with Gasteiger partial charge < -0.3 is 0 Å². The molecule has 0 aliphatic rings. The van der Waals surface area contributed by atoms with Crippen LogP contribution in [0.25, 0.3) is 21.8 Å². The van der Waals surface area contributed by atoms with Gasteiger partial charge in [-0.15, -0.1) is 0 Å². The van der Waals surface area contributed by atoms with E-state index in [1.54, 1.807) is 17.8 Å². The van der Waals surface area contributed by atoms with E-state index in [1.165, 1.54) is 0 Å². The van der Waals surface area contributed by atoms with E-state index in [0.29, 0.717) is 0 Å². The number of pyridine rings is 1. The Morgan fingerprint density at radius 3 is 2.83 bits per heavy atom. The Kier molecular flexibility index (Phi) is 2.37. The molecule has 0 aliphatic carbocycles. The molecule has 0 bridgehead atoms. The molecular weight excluding hydrogens is 226 g/mol. The first-order valence-corrected chi connectivity index (χ1v) is 5.95. The standard InChI is InChI=1S/C14H13N3O/c1-3-11-10-6-7-12-9(5-4-8-15-12)13(10)17(2)14(18)16-11/h4-8H,3H2,1-2H3. The van der Waals surface area contributed by atoms with Gasteiger partial charge in [0.25, 0.3) is 0 Å². The largest absolute Gasteiger partial charge is 0.348 e. The molecule has 0 spiro atoms. The molecule has 1 aromatic carbocycles. The summed E-state index contributed by atoms with van der Waals surface area (Å²) in [6.45, 7) is 2.01. The molecule has 4 nitrogen and oxygen atoms in total. The minimum absolute atomic E-state index is 0.212. The zero-order valence-corrected chi connectivity index (χ0v) is 10.3. The van der Waals surface area contributed by atoms with E-state index in [1.807, 2.05) is 31.2 Å². The van der Waals surface area contributed by atoms with Gasteiger partial charge in [-0.25, -0.2) is 4.79 Å². The molecule has 2 heterocycles. The SMILES string of the molecule is CCc1nc(=O)n(C)c2c1ccc1ncccc12. The second kappa shape index (κ2) is 3.91. The van der Waals surface area contributed by atoms with E-state index >= 15 is 0 Å². The van der Waals surface area contributed by atoms with Gasteiger partial charge in [-0.2, -0.15) is 4.98 Å². The smallest absolute Gasteiger partial charge is 0.294 e. The first-order valence-electron chi connectivity index (χ1n) is 5.95. The summed E-state index contributed by atoms with van der Waals surface area (Å²) in [6, 6.07) is 7.85. The van der Waals surface area contributed by atoms with Crippen molar-refractivity contribution >= 4 is 21.8 Å². The topological polar surface area (TPSA) is 47.8 Å². The van der Waals surface area contributed by atoms with Crippen molar-refractivity contribution in [2.45, 2.75) is 13.3 Å². The lowest BCUT2D eigenvalue weighted by Crippen LogP contribution is -2.22. The minimum atomic E-state index is -0.212. The number of aryl methyl sites for hydroxylation is 2. The highest BCUT2D eigenvalue weighted by Gasteiger charge is 2.10. The lowest BCUT2D eigenvalue weighted by atomic mass is 10.1. The van der Waals surface area contributed by atoms with Crippen molar-refractivity contribution in [2.24, 2.45) is 7.05 Å². The normalized spacial score (nSPS) is 11.2. The Labute approximate surface area is 104 Å². The maximum absolute atomic E-state index is 11.9. The molecule has 90 valence electrons. The first kappa shape index (κ1) is 10.9. The Bertz CT molecular complexity index is 805. The number of aromatic nitrogens is 3. The van der Waals surface area contributed by atoms with Gasteiger partial charge in [0.05, 0.1) is 16.7 Å². The van der Waals surface area contributed by atoms with Crippen molar-refractivity contribution in [3.05, 3.63) is 46.6 Å². The maximum atomic E-state index is 11.9. The Hall–Kier alpha value is -2.23. The van der Waals surface area contributed by atoms with E-state index in [-0.39, 0.29) is 5.69 Å². The van der Waals surface area contributed by atoms with Gasteiger partial charge in [0.1, 0.15) is 0 Å². The van der Waals surface area contributed by atoms with Crippen LogP contribution in [0.2, 0.25) is 0 Å². The number of hydrogen-bond acceptors (Lipinski definition) is 3. The highest BCUT2D eigenvalue weighted by molar-refractivity contribution is 6.04. The first-order chi connectivity index (χ1) is 8.72. The number of benzene rings is 1. The maximum Gasteiger partial charge on any atom is 0.348 e. The predicted molar refractivity (Wildman–Crippen MR) is 71.7 cm³/mol. The van der Waals surface area contributed by atoms with Crippen LogP contribution < -0.4 is 5.69 Å². The molecule has 4 heteroatoms. The van der Waals surface area contributed by atoms with Crippen LogP contribution in [0.15, 0.2) is 35.3 Å². The van der Waals surface area contributed by atoms with Crippen molar-refractivity contribution in [1.82, 2.24) is 14.5 Å². The third kappa shape index (κ3) is 1.42. The monoisotopic (exact) mass is 239 g/mol. The van der Waals surface area contributed by atoms with Gasteiger partial charge in [-0.1, -0.05) is 6.92 Å². The Balaban J connectivity index is 2.65. The van der Waals surface area contributed by atoms with Gasteiger partial charge in [-0.05, 0) is 30.7 Å². The minimum Gasteiger partial charge on any atom is -0.294 e. The molecular formula is C14H13N3O. The van der Waals surface area contributed by atoms with Gasteiger partial charge in [-0.3, -0.25) is 9.55 Å². The van der Waals surface area contributed by atoms with Crippen molar-refractivity contribution in [3.8, 4) is 0 Å².